The first kappa shape index (κ1) is 17.0. The van der Waals surface area contributed by atoms with Crippen LogP contribution < -0.4 is 5.32 Å². The van der Waals surface area contributed by atoms with E-state index in [1.54, 1.807) is 13.4 Å². The minimum absolute atomic E-state index is 0.0168. The van der Waals surface area contributed by atoms with Gasteiger partial charge in [-0.05, 0) is 27.2 Å². The minimum atomic E-state index is -0.216. The van der Waals surface area contributed by atoms with Crippen molar-refractivity contribution in [2.75, 3.05) is 13.7 Å². The molecule has 7 heteroatoms. The quantitative estimate of drug-likeness (QED) is 0.740. The molecule has 0 saturated carbocycles. The van der Waals surface area contributed by atoms with Crippen molar-refractivity contribution in [2.45, 2.75) is 56.6 Å². The first-order chi connectivity index (χ1) is 9.39. The molecule has 1 aromatic rings. The lowest BCUT2D eigenvalue weighted by Gasteiger charge is -2.26. The highest BCUT2D eigenvalue weighted by atomic mass is 32.2. The van der Waals surface area contributed by atoms with E-state index in [4.69, 9.17) is 4.74 Å². The lowest BCUT2D eigenvalue weighted by Crippen LogP contribution is -2.46. The number of hydrogen-bond donors (Lipinski definition) is 1. The van der Waals surface area contributed by atoms with Crippen molar-refractivity contribution in [3.63, 3.8) is 0 Å². The zero-order valence-electron chi connectivity index (χ0n) is 12.8. The molecule has 0 spiro atoms. The van der Waals surface area contributed by atoms with Crippen molar-refractivity contribution in [3.8, 4) is 0 Å². The molecule has 6 nitrogen and oxygen atoms in total. The molecule has 1 N–H and O–H groups in total. The number of nitrogens with zero attached hydrogens (tertiary/aromatic N) is 3. The third-order valence-corrected chi connectivity index (χ3v) is 4.21. The number of methoxy groups -OCH3 is 1. The Kier molecular flexibility index (Phi) is 6.48. The van der Waals surface area contributed by atoms with Crippen molar-refractivity contribution in [1.82, 2.24) is 20.1 Å². The molecule has 0 aliphatic rings. The predicted molar refractivity (Wildman–Crippen MR) is 79.7 cm³/mol. The van der Waals surface area contributed by atoms with Crippen molar-refractivity contribution in [3.05, 3.63) is 6.33 Å². The number of amides is 1. The number of hydrogen-bond acceptors (Lipinski definition) is 5. The number of carbonyl (C=O) groups excluding carboxylic acids is 1. The summed E-state index contributed by atoms with van der Waals surface area (Å²) in [5.41, 5.74) is -0.185. The largest absolute Gasteiger partial charge is 0.383 e. The van der Waals surface area contributed by atoms with Crippen LogP contribution in [0.3, 0.4) is 0 Å². The normalized spacial score (nSPS) is 13.2. The van der Waals surface area contributed by atoms with E-state index >= 15 is 0 Å². The molecule has 0 aromatic carbocycles. The van der Waals surface area contributed by atoms with Crippen LogP contribution in [0.25, 0.3) is 0 Å². The standard InChI is InChI=1S/C13H24N4O2S/c1-6-13(3,4)15-11(18)10(2)20-12-16-14-9-17(12)7-8-19-5/h9-10H,6-8H2,1-5H3,(H,15,18). The summed E-state index contributed by atoms with van der Waals surface area (Å²) in [5.74, 6) is 0.0168. The van der Waals surface area contributed by atoms with E-state index in [1.165, 1.54) is 11.8 Å². The summed E-state index contributed by atoms with van der Waals surface area (Å²) < 4.78 is 6.93. The second kappa shape index (κ2) is 7.64. The van der Waals surface area contributed by atoms with E-state index in [2.05, 4.69) is 22.4 Å². The van der Waals surface area contributed by atoms with E-state index < -0.39 is 0 Å². The van der Waals surface area contributed by atoms with Gasteiger partial charge in [0.25, 0.3) is 0 Å². The van der Waals surface area contributed by atoms with Crippen LogP contribution in [0.1, 0.15) is 34.1 Å². The van der Waals surface area contributed by atoms with Gasteiger partial charge in [0, 0.05) is 19.2 Å². The van der Waals surface area contributed by atoms with Gasteiger partial charge in [-0.1, -0.05) is 18.7 Å². The Morgan fingerprint density at radius 2 is 2.30 bits per heavy atom. The van der Waals surface area contributed by atoms with E-state index in [-0.39, 0.29) is 16.7 Å². The molecule has 0 radical (unpaired) electrons. The first-order valence-electron chi connectivity index (χ1n) is 6.75. The molecule has 20 heavy (non-hydrogen) atoms. The highest BCUT2D eigenvalue weighted by Crippen LogP contribution is 2.21. The maximum absolute atomic E-state index is 12.2. The molecule has 1 amide bonds. The summed E-state index contributed by atoms with van der Waals surface area (Å²) >= 11 is 1.41. The zero-order valence-corrected chi connectivity index (χ0v) is 13.7. The van der Waals surface area contributed by atoms with Crippen molar-refractivity contribution in [1.29, 1.82) is 0 Å². The maximum atomic E-state index is 12.2. The van der Waals surface area contributed by atoms with Crippen molar-refractivity contribution >= 4 is 17.7 Å². The van der Waals surface area contributed by atoms with Crippen LogP contribution in [-0.2, 0) is 16.1 Å². The summed E-state index contributed by atoms with van der Waals surface area (Å²) in [6.45, 7) is 9.24. The van der Waals surface area contributed by atoms with Crippen LogP contribution in [-0.4, -0.2) is 45.2 Å². The molecular weight excluding hydrogens is 276 g/mol. The smallest absolute Gasteiger partial charge is 0.233 e. The van der Waals surface area contributed by atoms with E-state index in [0.29, 0.717) is 13.2 Å². The van der Waals surface area contributed by atoms with Gasteiger partial charge in [-0.15, -0.1) is 10.2 Å². The van der Waals surface area contributed by atoms with E-state index in [9.17, 15) is 4.79 Å². The Bertz CT molecular complexity index is 434. The summed E-state index contributed by atoms with van der Waals surface area (Å²) in [6, 6.07) is 0. The topological polar surface area (TPSA) is 69.0 Å². The Hall–Kier alpha value is -1.08. The lowest BCUT2D eigenvalue weighted by atomic mass is 10.0. The predicted octanol–water partition coefficient (Wildman–Crippen LogP) is 1.71. The second-order valence-corrected chi connectivity index (χ2v) is 6.59. The van der Waals surface area contributed by atoms with Gasteiger partial charge in [-0.3, -0.25) is 4.79 Å². The lowest BCUT2D eigenvalue weighted by molar-refractivity contribution is -0.121. The van der Waals surface area contributed by atoms with E-state index in [1.807, 2.05) is 25.3 Å². The minimum Gasteiger partial charge on any atom is -0.383 e. The third-order valence-electron chi connectivity index (χ3n) is 3.11. The molecule has 1 aromatic heterocycles. The Morgan fingerprint density at radius 1 is 1.60 bits per heavy atom. The molecule has 1 atom stereocenters. The van der Waals surface area contributed by atoms with Crippen molar-refractivity contribution < 1.29 is 9.53 Å². The molecule has 0 fully saturated rings. The SMILES string of the molecule is CCC(C)(C)NC(=O)C(C)Sc1nncn1CCOC. The summed E-state index contributed by atoms with van der Waals surface area (Å²) in [5, 5.41) is 11.5. The van der Waals surface area contributed by atoms with Gasteiger partial charge in [0.05, 0.1) is 11.9 Å². The monoisotopic (exact) mass is 300 g/mol. The van der Waals surface area contributed by atoms with Gasteiger partial charge in [0.1, 0.15) is 6.33 Å². The summed E-state index contributed by atoms with van der Waals surface area (Å²) in [6.07, 6.45) is 2.54. The number of ether oxygens (including phenoxy) is 1. The average Bonchev–Trinajstić information content (AvgIpc) is 2.83. The molecule has 0 aliphatic carbocycles. The van der Waals surface area contributed by atoms with Gasteiger partial charge in [-0.2, -0.15) is 0 Å². The van der Waals surface area contributed by atoms with Gasteiger partial charge >= 0.3 is 0 Å². The number of rotatable bonds is 8. The molecule has 1 unspecified atom stereocenters. The fraction of sp³-hybridized carbons (Fsp3) is 0.769. The van der Waals surface area contributed by atoms with Crippen LogP contribution in [0.2, 0.25) is 0 Å². The van der Waals surface area contributed by atoms with Crippen LogP contribution in [0.4, 0.5) is 0 Å². The molecule has 114 valence electrons. The Labute approximate surface area is 124 Å². The Morgan fingerprint density at radius 3 is 2.90 bits per heavy atom. The van der Waals surface area contributed by atoms with Gasteiger partial charge in [-0.25, -0.2) is 0 Å². The molecule has 0 bridgehead atoms. The number of thioether (sulfide) groups is 1. The zero-order chi connectivity index (χ0) is 15.2. The summed E-state index contributed by atoms with van der Waals surface area (Å²) in [7, 11) is 1.65. The fourth-order valence-electron chi connectivity index (χ4n) is 1.41. The first-order valence-corrected chi connectivity index (χ1v) is 7.63. The van der Waals surface area contributed by atoms with Gasteiger partial charge in [0.2, 0.25) is 5.91 Å². The fourth-order valence-corrected chi connectivity index (χ4v) is 2.26. The molecule has 0 saturated heterocycles. The van der Waals surface area contributed by atoms with Crippen LogP contribution in [0, 0.1) is 0 Å². The van der Waals surface area contributed by atoms with Crippen molar-refractivity contribution in [2.24, 2.45) is 0 Å². The van der Waals surface area contributed by atoms with Crippen LogP contribution >= 0.6 is 11.8 Å². The molecule has 1 heterocycles. The van der Waals surface area contributed by atoms with Crippen LogP contribution in [0.5, 0.6) is 0 Å². The molecular formula is C13H24N4O2S. The number of carbonyl (C=O) groups is 1. The Balaban J connectivity index is 2.59. The molecule has 0 aliphatic heterocycles. The second-order valence-electron chi connectivity index (χ2n) is 5.29. The summed E-state index contributed by atoms with van der Waals surface area (Å²) in [4.78, 5) is 12.2. The van der Waals surface area contributed by atoms with Crippen LogP contribution in [0.15, 0.2) is 11.5 Å². The number of aromatic nitrogens is 3. The number of nitrogens with one attached hydrogen (secondary N) is 1. The van der Waals surface area contributed by atoms with Gasteiger partial charge in [0.15, 0.2) is 5.16 Å². The van der Waals surface area contributed by atoms with Gasteiger partial charge < -0.3 is 14.6 Å². The molecule has 1 rings (SSSR count). The highest BCUT2D eigenvalue weighted by molar-refractivity contribution is 8.00. The van der Waals surface area contributed by atoms with E-state index in [0.717, 1.165) is 11.6 Å². The maximum Gasteiger partial charge on any atom is 0.233 e. The third kappa shape index (κ3) is 5.13. The highest BCUT2D eigenvalue weighted by Gasteiger charge is 2.23. The average molecular weight is 300 g/mol.